The van der Waals surface area contributed by atoms with Gasteiger partial charge in [0.25, 0.3) is 0 Å². The highest BCUT2D eigenvalue weighted by Crippen LogP contribution is 2.34. The molecule has 0 unspecified atom stereocenters. The first-order valence-corrected chi connectivity index (χ1v) is 8.62. The van der Waals surface area contributed by atoms with Crippen molar-refractivity contribution in [2.24, 2.45) is 5.10 Å². The van der Waals surface area contributed by atoms with Crippen molar-refractivity contribution in [2.45, 2.75) is 19.5 Å². The Bertz CT molecular complexity index is 870. The molecule has 2 aromatic carbocycles. The fourth-order valence-electron chi connectivity index (χ4n) is 2.46. The molecule has 150 valence electrons. The lowest BCUT2D eigenvalue weighted by atomic mass is 10.1. The van der Waals surface area contributed by atoms with Gasteiger partial charge >= 0.3 is 6.18 Å². The highest BCUT2D eigenvalue weighted by atomic mass is 32.1. The maximum absolute atomic E-state index is 13.0. The number of para-hydroxylation sites is 1. The predicted octanol–water partition coefficient (Wildman–Crippen LogP) is 4.63. The van der Waals surface area contributed by atoms with Crippen molar-refractivity contribution in [1.82, 2.24) is 5.43 Å². The first-order chi connectivity index (χ1) is 13.2. The number of anilines is 1. The molecule has 5 nitrogen and oxygen atoms in total. The molecule has 0 aromatic heterocycles. The van der Waals surface area contributed by atoms with Crippen molar-refractivity contribution >= 4 is 28.7 Å². The molecule has 0 bridgehead atoms. The minimum Gasteiger partial charge on any atom is -0.493 e. The summed E-state index contributed by atoms with van der Waals surface area (Å²) in [5.74, 6) is 1.22. The Morgan fingerprint density at radius 3 is 2.39 bits per heavy atom. The number of nitrogens with zero attached hydrogens (tertiary/aromatic N) is 1. The molecule has 2 N–H and O–H groups in total. The van der Waals surface area contributed by atoms with Crippen molar-refractivity contribution in [3.05, 3.63) is 53.6 Å². The van der Waals surface area contributed by atoms with E-state index < -0.39 is 11.7 Å². The van der Waals surface area contributed by atoms with E-state index in [-0.39, 0.29) is 10.8 Å². The van der Waals surface area contributed by atoms with Crippen molar-refractivity contribution in [1.29, 1.82) is 0 Å². The van der Waals surface area contributed by atoms with Gasteiger partial charge in [0.2, 0.25) is 0 Å². The lowest BCUT2D eigenvalue weighted by molar-refractivity contribution is -0.136. The van der Waals surface area contributed by atoms with Crippen LogP contribution in [0, 0.1) is 0 Å². The van der Waals surface area contributed by atoms with Gasteiger partial charge in [0.1, 0.15) is 0 Å². The van der Waals surface area contributed by atoms with Crippen molar-refractivity contribution < 1.29 is 22.6 Å². The highest BCUT2D eigenvalue weighted by molar-refractivity contribution is 7.80. The summed E-state index contributed by atoms with van der Waals surface area (Å²) in [7, 11) is 3.10. The predicted molar refractivity (Wildman–Crippen MR) is 107 cm³/mol. The van der Waals surface area contributed by atoms with Gasteiger partial charge in [-0.1, -0.05) is 18.2 Å². The molecular formula is C19H20F3N3O2S. The molecular weight excluding hydrogens is 391 g/mol. The summed E-state index contributed by atoms with van der Waals surface area (Å²) in [5.41, 5.74) is 3.24. The SMILES string of the molecule is COc1ccc(C/C(C)=N\NC(=S)Nc2ccccc2C(F)(F)F)cc1OC. The molecule has 2 aromatic rings. The van der Waals surface area contributed by atoms with Crippen molar-refractivity contribution in [3.63, 3.8) is 0 Å². The Labute approximate surface area is 166 Å². The first kappa shape index (κ1) is 21.5. The zero-order valence-electron chi connectivity index (χ0n) is 15.6. The van der Waals surface area contributed by atoms with E-state index in [9.17, 15) is 13.2 Å². The number of ether oxygens (including phenoxy) is 2. The molecule has 0 heterocycles. The Balaban J connectivity index is 2.01. The molecule has 0 fully saturated rings. The Morgan fingerprint density at radius 1 is 1.07 bits per heavy atom. The molecule has 0 saturated carbocycles. The van der Waals surface area contributed by atoms with Crippen LogP contribution in [-0.4, -0.2) is 25.0 Å². The lowest BCUT2D eigenvalue weighted by Crippen LogP contribution is -2.26. The highest BCUT2D eigenvalue weighted by Gasteiger charge is 2.33. The first-order valence-electron chi connectivity index (χ1n) is 8.22. The van der Waals surface area contributed by atoms with Crippen molar-refractivity contribution in [3.8, 4) is 11.5 Å². The summed E-state index contributed by atoms with van der Waals surface area (Å²) in [5, 5.41) is 6.60. The van der Waals surface area contributed by atoms with Crippen LogP contribution in [0.2, 0.25) is 0 Å². The fraction of sp³-hybridized carbons (Fsp3) is 0.263. The van der Waals surface area contributed by atoms with Gasteiger partial charge in [-0.3, -0.25) is 5.43 Å². The Morgan fingerprint density at radius 2 is 1.75 bits per heavy atom. The molecule has 0 atom stereocenters. The van der Waals surface area contributed by atoms with Gasteiger partial charge in [-0.25, -0.2) is 0 Å². The van der Waals surface area contributed by atoms with Crippen LogP contribution < -0.4 is 20.2 Å². The van der Waals surface area contributed by atoms with Gasteiger partial charge in [-0.05, 0) is 49.0 Å². The molecule has 0 aliphatic heterocycles. The van der Waals surface area contributed by atoms with Crippen LogP contribution >= 0.6 is 12.2 Å². The van der Waals surface area contributed by atoms with E-state index in [1.54, 1.807) is 27.2 Å². The number of thiocarbonyl (C=S) groups is 1. The molecule has 0 radical (unpaired) electrons. The van der Waals surface area contributed by atoms with Crippen molar-refractivity contribution in [2.75, 3.05) is 19.5 Å². The number of hydrazone groups is 1. The van der Waals surface area contributed by atoms with E-state index in [4.69, 9.17) is 21.7 Å². The van der Waals surface area contributed by atoms with Crippen LogP contribution in [0.5, 0.6) is 11.5 Å². The summed E-state index contributed by atoms with van der Waals surface area (Å²) in [6.07, 6.45) is -3.99. The summed E-state index contributed by atoms with van der Waals surface area (Å²) in [6.45, 7) is 1.77. The zero-order chi connectivity index (χ0) is 20.7. The van der Waals surface area contributed by atoms with Crippen LogP contribution in [0.15, 0.2) is 47.6 Å². The standard InChI is InChI=1S/C19H20F3N3O2S/c1-12(10-13-8-9-16(26-2)17(11-13)27-3)24-25-18(28)23-15-7-5-4-6-14(15)19(20,21)22/h4-9,11H,10H2,1-3H3,(H2,23,25,28)/b24-12-. The number of methoxy groups -OCH3 is 2. The summed E-state index contributed by atoms with van der Waals surface area (Å²) in [6, 6.07) is 10.6. The molecule has 0 aliphatic carbocycles. The van der Waals surface area contributed by atoms with E-state index in [0.717, 1.165) is 11.6 Å². The topological polar surface area (TPSA) is 54.9 Å². The van der Waals surface area contributed by atoms with Gasteiger partial charge in [-0.15, -0.1) is 0 Å². The van der Waals surface area contributed by atoms with Crippen LogP contribution in [0.1, 0.15) is 18.1 Å². The number of nitrogens with one attached hydrogen (secondary N) is 2. The largest absolute Gasteiger partial charge is 0.493 e. The Kier molecular flexibility index (Phi) is 7.22. The Hall–Kier alpha value is -2.81. The second-order valence-corrected chi connectivity index (χ2v) is 6.23. The van der Waals surface area contributed by atoms with Gasteiger partial charge in [-0.2, -0.15) is 18.3 Å². The van der Waals surface area contributed by atoms with Gasteiger partial charge in [0, 0.05) is 12.1 Å². The van der Waals surface area contributed by atoms with Crippen LogP contribution in [-0.2, 0) is 12.6 Å². The van der Waals surface area contributed by atoms with Gasteiger partial charge < -0.3 is 14.8 Å². The average molecular weight is 411 g/mol. The molecule has 0 spiro atoms. The van der Waals surface area contributed by atoms with E-state index in [1.165, 1.54) is 18.2 Å². The average Bonchev–Trinajstić information content (AvgIpc) is 2.66. The lowest BCUT2D eigenvalue weighted by Gasteiger charge is -2.14. The normalized spacial score (nSPS) is 11.7. The minimum atomic E-state index is -4.48. The molecule has 9 heteroatoms. The van der Waals surface area contributed by atoms with Crippen LogP contribution in [0.25, 0.3) is 0 Å². The molecule has 0 saturated heterocycles. The van der Waals surface area contributed by atoms with E-state index in [1.807, 2.05) is 12.1 Å². The number of alkyl halides is 3. The monoisotopic (exact) mass is 411 g/mol. The maximum Gasteiger partial charge on any atom is 0.418 e. The number of hydrogen-bond acceptors (Lipinski definition) is 4. The molecule has 2 rings (SSSR count). The third-order valence-electron chi connectivity index (χ3n) is 3.74. The second kappa shape index (κ2) is 9.41. The summed E-state index contributed by atoms with van der Waals surface area (Å²) >= 11 is 5.04. The molecule has 0 amide bonds. The van der Waals surface area contributed by atoms with E-state index >= 15 is 0 Å². The molecule has 0 aliphatic rings. The van der Waals surface area contributed by atoms with Crippen LogP contribution in [0.4, 0.5) is 18.9 Å². The smallest absolute Gasteiger partial charge is 0.418 e. The quantitative estimate of drug-likeness (QED) is 0.413. The minimum absolute atomic E-state index is 0.0386. The van der Waals surface area contributed by atoms with Crippen LogP contribution in [0.3, 0.4) is 0 Å². The number of rotatable bonds is 6. The second-order valence-electron chi connectivity index (χ2n) is 5.82. The maximum atomic E-state index is 13.0. The zero-order valence-corrected chi connectivity index (χ0v) is 16.4. The molecule has 28 heavy (non-hydrogen) atoms. The summed E-state index contributed by atoms with van der Waals surface area (Å²) in [4.78, 5) is 0. The number of halogens is 3. The van der Waals surface area contributed by atoms with E-state index in [0.29, 0.717) is 23.6 Å². The fourth-order valence-corrected chi connectivity index (χ4v) is 2.62. The number of benzene rings is 2. The van der Waals surface area contributed by atoms with E-state index in [2.05, 4.69) is 15.8 Å². The van der Waals surface area contributed by atoms with Gasteiger partial charge in [0.15, 0.2) is 16.6 Å². The summed E-state index contributed by atoms with van der Waals surface area (Å²) < 4.78 is 49.5. The third-order valence-corrected chi connectivity index (χ3v) is 3.93. The number of hydrogen-bond donors (Lipinski definition) is 2. The third kappa shape index (κ3) is 5.85. The van der Waals surface area contributed by atoms with Gasteiger partial charge in [0.05, 0.1) is 25.5 Å².